The van der Waals surface area contributed by atoms with E-state index in [1.807, 2.05) is 6.92 Å². The van der Waals surface area contributed by atoms with Crippen molar-refractivity contribution < 1.29 is 14.5 Å². The number of rotatable bonds is 8. The number of carbonyl (C=O) groups is 1. The number of amides is 1. The molecule has 6 nitrogen and oxygen atoms in total. The van der Waals surface area contributed by atoms with E-state index in [0.29, 0.717) is 11.7 Å². The number of hydrogen-bond acceptors (Lipinski definition) is 4. The standard InChI is InChI=1S/C15H22N2O4/c1-11(2)4-5-12(3)16-15(18)10-21-14-8-6-13(7-9-14)17(19)20/h6-9,11-12H,4-5,10H2,1-3H3,(H,16,18)/t12-/m1/s1. The second-order valence-corrected chi connectivity index (χ2v) is 5.48. The van der Waals surface area contributed by atoms with Gasteiger partial charge in [-0.1, -0.05) is 13.8 Å². The van der Waals surface area contributed by atoms with Crippen molar-refractivity contribution in [2.75, 3.05) is 6.61 Å². The Balaban J connectivity index is 2.34. The van der Waals surface area contributed by atoms with Gasteiger partial charge in [-0.05, 0) is 37.8 Å². The highest BCUT2D eigenvalue weighted by Gasteiger charge is 2.09. The molecular weight excluding hydrogens is 272 g/mol. The maximum atomic E-state index is 11.7. The van der Waals surface area contributed by atoms with Crippen LogP contribution in [0.15, 0.2) is 24.3 Å². The molecule has 0 aliphatic heterocycles. The van der Waals surface area contributed by atoms with Gasteiger partial charge in [0.05, 0.1) is 4.92 Å². The molecule has 6 heteroatoms. The van der Waals surface area contributed by atoms with E-state index in [1.165, 1.54) is 24.3 Å². The Labute approximate surface area is 124 Å². The third-order valence-electron chi connectivity index (χ3n) is 3.00. The lowest BCUT2D eigenvalue weighted by Gasteiger charge is -2.15. The highest BCUT2D eigenvalue weighted by molar-refractivity contribution is 5.77. The fraction of sp³-hybridized carbons (Fsp3) is 0.533. The Hall–Kier alpha value is -2.11. The first-order chi connectivity index (χ1) is 9.88. The molecule has 0 saturated carbocycles. The molecule has 0 fully saturated rings. The fourth-order valence-electron chi connectivity index (χ4n) is 1.78. The summed E-state index contributed by atoms with van der Waals surface area (Å²) < 4.78 is 5.29. The van der Waals surface area contributed by atoms with E-state index >= 15 is 0 Å². The predicted octanol–water partition coefficient (Wildman–Crippen LogP) is 2.91. The van der Waals surface area contributed by atoms with Crippen LogP contribution in [0, 0.1) is 16.0 Å². The van der Waals surface area contributed by atoms with Crippen LogP contribution < -0.4 is 10.1 Å². The van der Waals surface area contributed by atoms with Crippen molar-refractivity contribution in [2.45, 2.75) is 39.7 Å². The lowest BCUT2D eigenvalue weighted by Crippen LogP contribution is -2.36. The number of non-ortho nitro benzene ring substituents is 1. The number of nitrogens with one attached hydrogen (secondary N) is 1. The van der Waals surface area contributed by atoms with Gasteiger partial charge in [0.15, 0.2) is 6.61 Å². The van der Waals surface area contributed by atoms with Crippen LogP contribution in [0.5, 0.6) is 5.75 Å². The van der Waals surface area contributed by atoms with E-state index in [4.69, 9.17) is 4.74 Å². The second kappa shape index (κ2) is 8.24. The average molecular weight is 294 g/mol. The van der Waals surface area contributed by atoms with Gasteiger partial charge in [0.1, 0.15) is 5.75 Å². The number of nitro benzene ring substituents is 1. The molecule has 1 atom stereocenters. The highest BCUT2D eigenvalue weighted by Crippen LogP contribution is 2.17. The van der Waals surface area contributed by atoms with Crippen LogP contribution >= 0.6 is 0 Å². The molecule has 1 N–H and O–H groups in total. The van der Waals surface area contributed by atoms with Crippen molar-refractivity contribution in [3.63, 3.8) is 0 Å². The molecule has 0 aliphatic rings. The van der Waals surface area contributed by atoms with Crippen molar-refractivity contribution in [1.29, 1.82) is 0 Å². The van der Waals surface area contributed by atoms with Crippen LogP contribution in [0.1, 0.15) is 33.6 Å². The quantitative estimate of drug-likeness (QED) is 0.590. The van der Waals surface area contributed by atoms with Crippen LogP contribution in [-0.2, 0) is 4.79 Å². The minimum absolute atomic E-state index is 0.00545. The maximum absolute atomic E-state index is 11.7. The van der Waals surface area contributed by atoms with Gasteiger partial charge in [0.25, 0.3) is 11.6 Å². The van der Waals surface area contributed by atoms with Crippen LogP contribution in [0.4, 0.5) is 5.69 Å². The van der Waals surface area contributed by atoms with Crippen molar-refractivity contribution in [3.8, 4) is 5.75 Å². The van der Waals surface area contributed by atoms with E-state index in [1.54, 1.807) is 0 Å². The number of hydrogen-bond donors (Lipinski definition) is 1. The molecular formula is C15H22N2O4. The minimum atomic E-state index is -0.479. The predicted molar refractivity (Wildman–Crippen MR) is 80.3 cm³/mol. The van der Waals surface area contributed by atoms with Crippen molar-refractivity contribution in [3.05, 3.63) is 34.4 Å². The Morgan fingerprint density at radius 2 is 1.86 bits per heavy atom. The van der Waals surface area contributed by atoms with E-state index < -0.39 is 4.92 Å². The average Bonchev–Trinajstić information content (AvgIpc) is 2.43. The van der Waals surface area contributed by atoms with E-state index in [9.17, 15) is 14.9 Å². The topological polar surface area (TPSA) is 81.5 Å². The molecule has 0 saturated heterocycles. The number of ether oxygens (including phenoxy) is 1. The van der Waals surface area contributed by atoms with Crippen LogP contribution in [0.3, 0.4) is 0 Å². The van der Waals surface area contributed by atoms with Gasteiger partial charge in [0.2, 0.25) is 0 Å². The molecule has 0 heterocycles. The first-order valence-corrected chi connectivity index (χ1v) is 7.05. The molecule has 0 spiro atoms. The zero-order valence-electron chi connectivity index (χ0n) is 12.7. The normalized spacial score (nSPS) is 12.0. The van der Waals surface area contributed by atoms with Crippen molar-refractivity contribution in [2.24, 2.45) is 5.92 Å². The van der Waals surface area contributed by atoms with Gasteiger partial charge in [0, 0.05) is 18.2 Å². The third-order valence-corrected chi connectivity index (χ3v) is 3.00. The number of nitro groups is 1. The Bertz CT molecular complexity index is 471. The Morgan fingerprint density at radius 1 is 1.24 bits per heavy atom. The summed E-state index contributed by atoms with van der Waals surface area (Å²) in [7, 11) is 0. The molecule has 1 aromatic carbocycles. The summed E-state index contributed by atoms with van der Waals surface area (Å²) in [5.41, 5.74) is -0.00545. The van der Waals surface area contributed by atoms with Crippen molar-refractivity contribution >= 4 is 11.6 Å². The largest absolute Gasteiger partial charge is 0.484 e. The van der Waals surface area contributed by atoms with E-state index in [0.717, 1.165) is 12.8 Å². The fourth-order valence-corrected chi connectivity index (χ4v) is 1.78. The summed E-state index contributed by atoms with van der Waals surface area (Å²) in [6, 6.07) is 5.76. The molecule has 0 radical (unpaired) electrons. The molecule has 1 aromatic rings. The number of benzene rings is 1. The highest BCUT2D eigenvalue weighted by atomic mass is 16.6. The lowest BCUT2D eigenvalue weighted by molar-refractivity contribution is -0.384. The number of nitrogens with zero attached hydrogens (tertiary/aromatic N) is 1. The molecule has 0 aliphatic carbocycles. The van der Waals surface area contributed by atoms with Gasteiger partial charge in [-0.3, -0.25) is 14.9 Å². The number of carbonyl (C=O) groups excluding carboxylic acids is 1. The summed E-state index contributed by atoms with van der Waals surface area (Å²) in [4.78, 5) is 21.7. The Morgan fingerprint density at radius 3 is 2.38 bits per heavy atom. The first kappa shape index (κ1) is 16.9. The van der Waals surface area contributed by atoms with Crippen LogP contribution in [0.2, 0.25) is 0 Å². The van der Waals surface area contributed by atoms with E-state index in [-0.39, 0.29) is 24.2 Å². The molecule has 0 bridgehead atoms. The monoisotopic (exact) mass is 294 g/mol. The summed E-state index contributed by atoms with van der Waals surface area (Å²) in [5.74, 6) is 0.857. The van der Waals surface area contributed by atoms with Crippen LogP contribution in [0.25, 0.3) is 0 Å². The van der Waals surface area contributed by atoms with Gasteiger partial charge in [-0.25, -0.2) is 0 Å². The van der Waals surface area contributed by atoms with E-state index in [2.05, 4.69) is 19.2 Å². The second-order valence-electron chi connectivity index (χ2n) is 5.48. The molecule has 21 heavy (non-hydrogen) atoms. The minimum Gasteiger partial charge on any atom is -0.484 e. The molecule has 0 aromatic heterocycles. The van der Waals surface area contributed by atoms with Crippen molar-refractivity contribution in [1.82, 2.24) is 5.32 Å². The van der Waals surface area contributed by atoms with Gasteiger partial charge >= 0.3 is 0 Å². The smallest absolute Gasteiger partial charge is 0.269 e. The zero-order chi connectivity index (χ0) is 15.8. The van der Waals surface area contributed by atoms with Crippen LogP contribution in [-0.4, -0.2) is 23.5 Å². The molecule has 0 unspecified atom stereocenters. The third kappa shape index (κ3) is 6.74. The van der Waals surface area contributed by atoms with Gasteiger partial charge in [-0.2, -0.15) is 0 Å². The summed E-state index contributed by atoms with van der Waals surface area (Å²) in [6.07, 6.45) is 1.99. The summed E-state index contributed by atoms with van der Waals surface area (Å²) >= 11 is 0. The molecule has 1 amide bonds. The Kier molecular flexibility index (Phi) is 6.65. The first-order valence-electron chi connectivity index (χ1n) is 7.05. The molecule has 1 rings (SSSR count). The van der Waals surface area contributed by atoms with Gasteiger partial charge < -0.3 is 10.1 Å². The summed E-state index contributed by atoms with van der Waals surface area (Å²) in [6.45, 7) is 6.16. The summed E-state index contributed by atoms with van der Waals surface area (Å²) in [5, 5.41) is 13.4. The SMILES string of the molecule is CC(C)CC[C@@H](C)NC(=O)COc1ccc([N+](=O)[O-])cc1. The zero-order valence-corrected chi connectivity index (χ0v) is 12.7. The maximum Gasteiger partial charge on any atom is 0.269 e. The molecule has 116 valence electrons. The lowest BCUT2D eigenvalue weighted by atomic mass is 10.0. The van der Waals surface area contributed by atoms with Gasteiger partial charge in [-0.15, -0.1) is 0 Å².